The maximum atomic E-state index is 12.4. The van der Waals surface area contributed by atoms with Gasteiger partial charge < -0.3 is 5.73 Å². The summed E-state index contributed by atoms with van der Waals surface area (Å²) in [6.45, 7) is 2.07. The first-order valence-electron chi connectivity index (χ1n) is 6.30. The van der Waals surface area contributed by atoms with E-state index in [4.69, 9.17) is 5.73 Å². The van der Waals surface area contributed by atoms with Crippen LogP contribution in [0.1, 0.15) is 56.2 Å². The predicted octanol–water partition coefficient (Wildman–Crippen LogP) is 1.95. The largest absolute Gasteiger partial charge is 0.368 e. The fourth-order valence-electron chi connectivity index (χ4n) is 3.36. The zero-order valence-electron chi connectivity index (χ0n) is 10.1. The van der Waals surface area contributed by atoms with Gasteiger partial charge in [0.15, 0.2) is 0 Å². The Balaban J connectivity index is 2.21. The van der Waals surface area contributed by atoms with Crippen molar-refractivity contribution in [1.29, 1.82) is 0 Å². The Bertz CT molecular complexity index is 478. The molecule has 17 heavy (non-hydrogen) atoms. The van der Waals surface area contributed by atoms with Crippen LogP contribution in [0.5, 0.6) is 0 Å². The number of hydrogen-bond donors (Lipinski definition) is 1. The average molecular weight is 231 g/mol. The second kappa shape index (κ2) is 3.52. The Morgan fingerprint density at radius 1 is 1.41 bits per heavy atom. The molecule has 0 radical (unpaired) electrons. The van der Waals surface area contributed by atoms with E-state index in [2.05, 4.69) is 16.9 Å². The molecule has 90 valence electrons. The molecule has 1 fully saturated rings. The third kappa shape index (κ3) is 1.39. The summed E-state index contributed by atoms with van der Waals surface area (Å²) in [4.78, 5) is 20.9. The van der Waals surface area contributed by atoms with Gasteiger partial charge in [-0.3, -0.25) is 4.79 Å². The van der Waals surface area contributed by atoms with E-state index in [9.17, 15) is 4.79 Å². The lowest BCUT2D eigenvalue weighted by atomic mass is 9.68. The minimum absolute atomic E-state index is 0.226. The number of fused-ring (bicyclic) bond motifs is 2. The number of nitrogens with zero attached hydrogens (tertiary/aromatic N) is 2. The van der Waals surface area contributed by atoms with Crippen molar-refractivity contribution in [2.75, 3.05) is 5.73 Å². The second-order valence-electron chi connectivity index (χ2n) is 5.35. The number of ketones is 1. The van der Waals surface area contributed by atoms with Crippen LogP contribution in [0.3, 0.4) is 0 Å². The second-order valence-corrected chi connectivity index (χ2v) is 5.35. The molecule has 3 rings (SSSR count). The van der Waals surface area contributed by atoms with E-state index in [-0.39, 0.29) is 17.3 Å². The molecule has 1 spiro atoms. The monoisotopic (exact) mass is 231 g/mol. The molecule has 1 aromatic rings. The quantitative estimate of drug-likeness (QED) is 0.741. The van der Waals surface area contributed by atoms with Crippen molar-refractivity contribution >= 4 is 11.7 Å². The van der Waals surface area contributed by atoms with Gasteiger partial charge in [0.2, 0.25) is 5.95 Å². The van der Waals surface area contributed by atoms with E-state index in [1.54, 1.807) is 0 Å². The van der Waals surface area contributed by atoms with Gasteiger partial charge in [-0.25, -0.2) is 9.97 Å². The van der Waals surface area contributed by atoms with Crippen molar-refractivity contribution in [3.8, 4) is 0 Å². The highest BCUT2D eigenvalue weighted by Gasteiger charge is 2.48. The highest BCUT2D eigenvalue weighted by atomic mass is 16.1. The molecule has 2 aliphatic rings. The molecule has 2 N–H and O–H groups in total. The van der Waals surface area contributed by atoms with Crippen LogP contribution in [0.2, 0.25) is 0 Å². The normalized spacial score (nSPS) is 26.2. The fraction of sp³-hybridized carbons (Fsp3) is 0.615. The van der Waals surface area contributed by atoms with Gasteiger partial charge in [-0.2, -0.15) is 0 Å². The number of Topliss-reactive ketones (excluding diaryl/α,β-unsaturated/α-hetero) is 1. The lowest BCUT2D eigenvalue weighted by molar-refractivity contribution is -0.125. The van der Waals surface area contributed by atoms with Crippen LogP contribution in [0, 0.1) is 0 Å². The number of nitrogens with two attached hydrogens (primary N) is 1. The fourth-order valence-corrected chi connectivity index (χ4v) is 3.36. The van der Waals surface area contributed by atoms with Crippen LogP contribution in [-0.2, 0) is 10.2 Å². The molecule has 0 aromatic carbocycles. The minimum atomic E-state index is -0.334. The summed E-state index contributed by atoms with van der Waals surface area (Å²) in [6.07, 6.45) is 6.53. The van der Waals surface area contributed by atoms with E-state index >= 15 is 0 Å². The van der Waals surface area contributed by atoms with E-state index in [1.807, 2.05) is 6.20 Å². The van der Waals surface area contributed by atoms with E-state index in [0.29, 0.717) is 12.2 Å². The summed E-state index contributed by atoms with van der Waals surface area (Å²) >= 11 is 0. The summed E-state index contributed by atoms with van der Waals surface area (Å²) in [5.41, 5.74) is 7.40. The maximum Gasteiger partial charge on any atom is 0.220 e. The minimum Gasteiger partial charge on any atom is -0.368 e. The molecule has 0 amide bonds. The molecule has 0 saturated heterocycles. The summed E-state index contributed by atoms with van der Waals surface area (Å²) in [5, 5.41) is 0. The first kappa shape index (κ1) is 10.7. The first-order valence-corrected chi connectivity index (χ1v) is 6.30. The molecule has 0 aliphatic heterocycles. The van der Waals surface area contributed by atoms with Crippen LogP contribution in [0.25, 0.3) is 0 Å². The highest BCUT2D eigenvalue weighted by molar-refractivity contribution is 5.92. The van der Waals surface area contributed by atoms with Gasteiger partial charge in [-0.15, -0.1) is 0 Å². The molecule has 4 nitrogen and oxygen atoms in total. The Kier molecular flexibility index (Phi) is 2.21. The van der Waals surface area contributed by atoms with Crippen molar-refractivity contribution in [1.82, 2.24) is 9.97 Å². The van der Waals surface area contributed by atoms with Gasteiger partial charge >= 0.3 is 0 Å². The van der Waals surface area contributed by atoms with Gasteiger partial charge in [-0.1, -0.05) is 19.8 Å². The van der Waals surface area contributed by atoms with Crippen LogP contribution in [0.15, 0.2) is 6.20 Å². The summed E-state index contributed by atoms with van der Waals surface area (Å²) < 4.78 is 0. The van der Waals surface area contributed by atoms with Crippen molar-refractivity contribution < 1.29 is 4.79 Å². The Morgan fingerprint density at radius 3 is 2.82 bits per heavy atom. The average Bonchev–Trinajstić information content (AvgIpc) is 2.77. The Hall–Kier alpha value is -1.45. The van der Waals surface area contributed by atoms with Gasteiger partial charge in [0.1, 0.15) is 5.78 Å². The van der Waals surface area contributed by atoms with Crippen molar-refractivity contribution in [3.05, 3.63) is 17.5 Å². The van der Waals surface area contributed by atoms with Crippen molar-refractivity contribution in [2.45, 2.75) is 50.4 Å². The molecule has 1 unspecified atom stereocenters. The molecule has 1 saturated carbocycles. The number of carbonyl (C=O) groups excluding carboxylic acids is 1. The summed E-state index contributed by atoms with van der Waals surface area (Å²) in [7, 11) is 0. The molecular formula is C13H17N3O. The van der Waals surface area contributed by atoms with Crippen LogP contribution >= 0.6 is 0 Å². The molecule has 1 heterocycles. The van der Waals surface area contributed by atoms with E-state index in [1.165, 1.54) is 0 Å². The van der Waals surface area contributed by atoms with Crippen LogP contribution in [0.4, 0.5) is 5.95 Å². The zero-order valence-corrected chi connectivity index (χ0v) is 10.1. The molecule has 4 heteroatoms. The third-order valence-electron chi connectivity index (χ3n) is 4.30. The lowest BCUT2D eigenvalue weighted by Crippen LogP contribution is -2.40. The Morgan fingerprint density at radius 2 is 2.12 bits per heavy atom. The summed E-state index contributed by atoms with van der Waals surface area (Å²) in [5.74, 6) is 0.870. The number of nitrogen functional groups attached to an aromatic ring is 1. The molecule has 1 atom stereocenters. The van der Waals surface area contributed by atoms with Gasteiger partial charge in [0, 0.05) is 12.6 Å². The number of carbonyl (C=O) groups is 1. The Labute approximate surface area is 101 Å². The van der Waals surface area contributed by atoms with Gasteiger partial charge in [0.05, 0.1) is 11.1 Å². The van der Waals surface area contributed by atoms with Crippen LogP contribution < -0.4 is 5.73 Å². The predicted molar refractivity (Wildman–Crippen MR) is 64.6 cm³/mol. The highest BCUT2D eigenvalue weighted by Crippen LogP contribution is 2.48. The van der Waals surface area contributed by atoms with Gasteiger partial charge in [-0.05, 0) is 24.3 Å². The van der Waals surface area contributed by atoms with Crippen LogP contribution in [-0.4, -0.2) is 15.8 Å². The number of aromatic nitrogens is 2. The van der Waals surface area contributed by atoms with E-state index in [0.717, 1.165) is 36.9 Å². The maximum absolute atomic E-state index is 12.4. The number of rotatable bonds is 0. The molecular weight excluding hydrogens is 214 g/mol. The molecule has 2 aliphatic carbocycles. The third-order valence-corrected chi connectivity index (χ3v) is 4.30. The smallest absolute Gasteiger partial charge is 0.220 e. The SMILES string of the molecule is CC1CC(=O)C2(CCCC2)c2nc(N)ncc21. The first-order chi connectivity index (χ1) is 8.13. The lowest BCUT2D eigenvalue weighted by Gasteiger charge is -2.35. The molecule has 0 bridgehead atoms. The summed E-state index contributed by atoms with van der Waals surface area (Å²) in [6, 6.07) is 0. The standard InChI is InChI=1S/C13H17N3O/c1-8-6-10(17)13(4-2-3-5-13)11-9(8)7-15-12(14)16-11/h7-8H,2-6H2,1H3,(H2,14,15,16). The molecule has 1 aromatic heterocycles. The van der Waals surface area contributed by atoms with Crippen molar-refractivity contribution in [3.63, 3.8) is 0 Å². The van der Waals surface area contributed by atoms with E-state index < -0.39 is 0 Å². The topological polar surface area (TPSA) is 68.9 Å². The van der Waals surface area contributed by atoms with Gasteiger partial charge in [0.25, 0.3) is 0 Å². The van der Waals surface area contributed by atoms with Crippen molar-refractivity contribution in [2.24, 2.45) is 0 Å². The number of hydrogen-bond acceptors (Lipinski definition) is 4. The number of anilines is 1. The zero-order chi connectivity index (χ0) is 12.0.